The molecule has 4 fully saturated rings. The van der Waals surface area contributed by atoms with Gasteiger partial charge in [0, 0.05) is 43.2 Å². The van der Waals surface area contributed by atoms with E-state index in [1.54, 1.807) is 0 Å². The van der Waals surface area contributed by atoms with Crippen molar-refractivity contribution in [2.75, 3.05) is 26.2 Å². The highest BCUT2D eigenvalue weighted by Crippen LogP contribution is 2.55. The number of hydrogen-bond donors (Lipinski definition) is 3. The average molecular weight is 506 g/mol. The third-order valence-corrected chi connectivity index (χ3v) is 9.95. The molecule has 0 bridgehead atoms. The summed E-state index contributed by atoms with van der Waals surface area (Å²) in [5, 5.41) is 0. The summed E-state index contributed by atoms with van der Waals surface area (Å²) >= 11 is 0. The Morgan fingerprint density at radius 1 is 0.838 bits per heavy atom. The summed E-state index contributed by atoms with van der Waals surface area (Å²) in [5.74, 6) is 0.683. The lowest BCUT2D eigenvalue weighted by atomic mass is 9.57. The average Bonchev–Trinajstić information content (AvgIpc) is 3.55. The van der Waals surface area contributed by atoms with Gasteiger partial charge in [0.25, 0.3) is 5.91 Å². The molecule has 0 spiro atoms. The van der Waals surface area contributed by atoms with Crippen molar-refractivity contribution in [3.63, 3.8) is 0 Å². The van der Waals surface area contributed by atoms with Crippen molar-refractivity contribution in [1.29, 1.82) is 0 Å². The Bertz CT molecular complexity index is 1030. The molecule has 5 aliphatic rings. The summed E-state index contributed by atoms with van der Waals surface area (Å²) in [7, 11) is 0. The Labute approximate surface area is 221 Å². The highest BCUT2D eigenvalue weighted by molar-refractivity contribution is 5.94. The number of fused-ring (bicyclic) bond motifs is 1. The fourth-order valence-corrected chi connectivity index (χ4v) is 7.53. The second-order valence-corrected chi connectivity index (χ2v) is 12.2. The van der Waals surface area contributed by atoms with Gasteiger partial charge in [0.2, 0.25) is 5.91 Å². The van der Waals surface area contributed by atoms with Crippen molar-refractivity contribution in [2.45, 2.75) is 88.3 Å². The maximum atomic E-state index is 13.3. The summed E-state index contributed by atoms with van der Waals surface area (Å²) in [6.45, 7) is 2.26. The second-order valence-electron chi connectivity index (χ2n) is 12.2. The number of hydrazine groups is 1. The third kappa shape index (κ3) is 4.64. The first-order valence-corrected chi connectivity index (χ1v) is 14.7. The molecule has 2 saturated carbocycles. The van der Waals surface area contributed by atoms with Gasteiger partial charge in [-0.15, -0.1) is 0 Å². The van der Waals surface area contributed by atoms with Crippen molar-refractivity contribution in [3.8, 4) is 0 Å². The fraction of sp³-hybridized carbons (Fsp3) is 0.667. The second kappa shape index (κ2) is 10.2. The maximum Gasteiger partial charge on any atom is 0.253 e. The van der Waals surface area contributed by atoms with E-state index in [0.29, 0.717) is 38.1 Å². The van der Waals surface area contributed by atoms with E-state index < -0.39 is 5.54 Å². The SMILES string of the molecule is NC1(C(=O)N2CCN(C(=O)c3ccc(C4NNC5CCCCC54C4/C=C\CCCCC4)cc3)CC2)CC1. The number of carbonyl (C=O) groups excluding carboxylic acids is 2. The first-order valence-electron chi connectivity index (χ1n) is 14.7. The van der Waals surface area contributed by atoms with Gasteiger partial charge in [0.15, 0.2) is 0 Å². The van der Waals surface area contributed by atoms with Crippen LogP contribution < -0.4 is 16.6 Å². The molecule has 2 heterocycles. The normalized spacial score (nSPS) is 34.2. The number of benzene rings is 1. The number of hydrogen-bond acceptors (Lipinski definition) is 5. The molecule has 2 saturated heterocycles. The predicted molar refractivity (Wildman–Crippen MR) is 144 cm³/mol. The van der Waals surface area contributed by atoms with Crippen molar-refractivity contribution < 1.29 is 9.59 Å². The van der Waals surface area contributed by atoms with Gasteiger partial charge in [0.1, 0.15) is 0 Å². The number of nitrogens with one attached hydrogen (secondary N) is 2. The monoisotopic (exact) mass is 505 g/mol. The number of nitrogens with zero attached hydrogens (tertiary/aromatic N) is 2. The fourth-order valence-electron chi connectivity index (χ4n) is 7.53. The quantitative estimate of drug-likeness (QED) is 0.543. The van der Waals surface area contributed by atoms with Crippen LogP contribution in [0.5, 0.6) is 0 Å². The van der Waals surface area contributed by atoms with Gasteiger partial charge in [-0.3, -0.25) is 15.0 Å². The van der Waals surface area contributed by atoms with Gasteiger partial charge in [-0.25, -0.2) is 5.43 Å². The molecule has 7 heteroatoms. The highest BCUT2D eigenvalue weighted by Gasteiger charge is 2.55. The minimum Gasteiger partial charge on any atom is -0.338 e. The van der Waals surface area contributed by atoms with Crippen LogP contribution in [0.2, 0.25) is 0 Å². The Morgan fingerprint density at radius 2 is 1.57 bits per heavy atom. The molecular weight excluding hydrogens is 462 g/mol. The number of amides is 2. The van der Waals surface area contributed by atoms with Gasteiger partial charge in [0.05, 0.1) is 11.6 Å². The lowest BCUT2D eigenvalue weighted by Crippen LogP contribution is -2.55. The van der Waals surface area contributed by atoms with Crippen molar-refractivity contribution in [3.05, 3.63) is 47.5 Å². The lowest BCUT2D eigenvalue weighted by Gasteiger charge is -2.47. The van der Waals surface area contributed by atoms with Crippen LogP contribution in [0.3, 0.4) is 0 Å². The topological polar surface area (TPSA) is 90.7 Å². The summed E-state index contributed by atoms with van der Waals surface area (Å²) in [6, 6.07) is 9.09. The smallest absolute Gasteiger partial charge is 0.253 e. The summed E-state index contributed by atoms with van der Waals surface area (Å²) in [4.78, 5) is 29.6. The third-order valence-electron chi connectivity index (χ3n) is 9.95. The van der Waals surface area contributed by atoms with Crippen LogP contribution in [0.4, 0.5) is 0 Å². The Balaban J connectivity index is 1.16. The van der Waals surface area contributed by atoms with Crippen molar-refractivity contribution in [2.24, 2.45) is 17.1 Å². The highest BCUT2D eigenvalue weighted by atomic mass is 16.2. The van der Waals surface area contributed by atoms with E-state index in [9.17, 15) is 9.59 Å². The largest absolute Gasteiger partial charge is 0.338 e. The molecule has 3 aliphatic carbocycles. The molecule has 1 aromatic rings. The van der Waals surface area contributed by atoms with Crippen LogP contribution in [0.25, 0.3) is 0 Å². The zero-order chi connectivity index (χ0) is 25.5. The molecule has 4 atom stereocenters. The first-order chi connectivity index (χ1) is 18.0. The van der Waals surface area contributed by atoms with E-state index in [4.69, 9.17) is 5.73 Å². The minimum absolute atomic E-state index is 0.0516. The van der Waals surface area contributed by atoms with Crippen molar-refractivity contribution >= 4 is 11.8 Å². The van der Waals surface area contributed by atoms with E-state index in [-0.39, 0.29) is 23.3 Å². The number of rotatable bonds is 4. The number of piperazine rings is 1. The van der Waals surface area contributed by atoms with E-state index in [0.717, 1.165) is 18.4 Å². The Hall–Kier alpha value is -2.22. The lowest BCUT2D eigenvalue weighted by molar-refractivity contribution is -0.135. The molecule has 4 N–H and O–H groups in total. The molecule has 2 aliphatic heterocycles. The van der Waals surface area contributed by atoms with Crippen LogP contribution in [0.1, 0.15) is 92.6 Å². The summed E-state index contributed by atoms with van der Waals surface area (Å²) in [6.07, 6.45) is 18.0. The van der Waals surface area contributed by atoms with Gasteiger partial charge in [-0.1, -0.05) is 50.0 Å². The van der Waals surface area contributed by atoms with E-state index >= 15 is 0 Å². The zero-order valence-corrected chi connectivity index (χ0v) is 22.1. The van der Waals surface area contributed by atoms with Gasteiger partial charge in [-0.2, -0.15) is 0 Å². The first kappa shape index (κ1) is 25.1. The van der Waals surface area contributed by atoms with Gasteiger partial charge in [-0.05, 0) is 68.6 Å². The summed E-state index contributed by atoms with van der Waals surface area (Å²) < 4.78 is 0. The van der Waals surface area contributed by atoms with Crippen LogP contribution in [0, 0.1) is 11.3 Å². The molecule has 0 aromatic heterocycles. The molecular formula is C30H43N5O2. The van der Waals surface area contributed by atoms with E-state index in [2.05, 4.69) is 35.1 Å². The summed E-state index contributed by atoms with van der Waals surface area (Å²) in [5.41, 5.74) is 15.1. The molecule has 37 heavy (non-hydrogen) atoms. The molecule has 6 rings (SSSR count). The molecule has 1 aromatic carbocycles. The number of carbonyl (C=O) groups is 2. The molecule has 7 nitrogen and oxygen atoms in total. The molecule has 200 valence electrons. The maximum absolute atomic E-state index is 13.3. The number of nitrogens with two attached hydrogens (primary N) is 1. The van der Waals surface area contributed by atoms with E-state index in [1.807, 2.05) is 21.9 Å². The Kier molecular flexibility index (Phi) is 6.88. The van der Waals surface area contributed by atoms with Crippen molar-refractivity contribution in [1.82, 2.24) is 20.7 Å². The van der Waals surface area contributed by atoms with Gasteiger partial charge < -0.3 is 15.5 Å². The van der Waals surface area contributed by atoms with Crippen LogP contribution in [-0.2, 0) is 4.79 Å². The minimum atomic E-state index is -0.633. The molecule has 0 radical (unpaired) electrons. The van der Waals surface area contributed by atoms with Crippen LogP contribution in [0.15, 0.2) is 36.4 Å². The number of allylic oxidation sites excluding steroid dienone is 2. The van der Waals surface area contributed by atoms with E-state index in [1.165, 1.54) is 63.4 Å². The predicted octanol–water partition coefficient (Wildman–Crippen LogP) is 3.68. The molecule has 2 amide bonds. The Morgan fingerprint density at radius 3 is 2.32 bits per heavy atom. The van der Waals surface area contributed by atoms with Crippen LogP contribution >= 0.6 is 0 Å². The van der Waals surface area contributed by atoms with Crippen LogP contribution in [-0.4, -0.2) is 59.4 Å². The standard InChI is InChI=1S/C30H43N5O2/c31-29(16-17-29)28(37)35-20-18-34(19-21-35)27(36)23-13-11-22(12-14-23)26-30(15-7-6-10-25(30)32-33-26)24-8-4-2-1-3-5-9-24/h4,8,11-14,24-26,32-33H,1-3,5-7,9-10,15-21,31H2/b8-4-. The zero-order valence-electron chi connectivity index (χ0n) is 22.1. The molecule has 4 unspecified atom stereocenters. The van der Waals surface area contributed by atoms with Gasteiger partial charge >= 0.3 is 0 Å².